The molecule has 0 aliphatic heterocycles. The molecule has 3 amide bonds. The molecule has 0 saturated heterocycles. The van der Waals surface area contributed by atoms with Crippen LogP contribution in [0.3, 0.4) is 0 Å². The number of methoxy groups -OCH3 is 1. The van der Waals surface area contributed by atoms with Gasteiger partial charge in [-0.25, -0.2) is 9.78 Å². The fraction of sp³-hybridized carbons (Fsp3) is 0.350. The zero-order valence-corrected chi connectivity index (χ0v) is 15.6. The zero-order chi connectivity index (χ0) is 19.4. The fourth-order valence-electron chi connectivity index (χ4n) is 2.82. The largest absolute Gasteiger partial charge is 0.439 e. The van der Waals surface area contributed by atoms with Crippen LogP contribution in [0.4, 0.5) is 10.5 Å². The van der Waals surface area contributed by atoms with Gasteiger partial charge in [-0.2, -0.15) is 0 Å². The topological polar surface area (TPSA) is 89.5 Å². The lowest BCUT2D eigenvalue weighted by atomic mass is 9.81. The molecule has 1 aliphatic carbocycles. The lowest BCUT2D eigenvalue weighted by molar-refractivity contribution is -0.131. The number of aryl methyl sites for hydroxylation is 2. The maximum atomic E-state index is 12.0. The van der Waals surface area contributed by atoms with Gasteiger partial charge in [0.1, 0.15) is 5.75 Å². The molecule has 0 bridgehead atoms. The number of pyridine rings is 1. The van der Waals surface area contributed by atoms with Crippen molar-refractivity contribution >= 4 is 17.6 Å². The summed E-state index contributed by atoms with van der Waals surface area (Å²) in [6.07, 6.45) is 3.14. The minimum absolute atomic E-state index is 0.113. The first-order chi connectivity index (χ1) is 12.9. The number of urea groups is 1. The first kappa shape index (κ1) is 18.8. The molecule has 3 rings (SSSR count). The fourth-order valence-corrected chi connectivity index (χ4v) is 2.82. The predicted molar refractivity (Wildman–Crippen MR) is 101 cm³/mol. The maximum Gasteiger partial charge on any atom is 0.325 e. The Morgan fingerprint density at radius 2 is 1.93 bits per heavy atom. The summed E-state index contributed by atoms with van der Waals surface area (Å²) in [5, 5.41) is 5.04. The molecule has 1 fully saturated rings. The molecule has 0 unspecified atom stereocenters. The number of nitrogens with one attached hydrogen (secondary N) is 2. The van der Waals surface area contributed by atoms with Crippen LogP contribution in [0.2, 0.25) is 0 Å². The summed E-state index contributed by atoms with van der Waals surface area (Å²) in [6, 6.07) is 8.42. The third-order valence-electron chi connectivity index (χ3n) is 4.57. The highest BCUT2D eigenvalue weighted by Gasteiger charge is 2.35. The lowest BCUT2D eigenvalue weighted by Crippen LogP contribution is -2.45. The molecule has 0 radical (unpaired) electrons. The summed E-state index contributed by atoms with van der Waals surface area (Å²) >= 11 is 0. The van der Waals surface area contributed by atoms with Crippen molar-refractivity contribution in [1.82, 2.24) is 10.3 Å². The Labute approximate surface area is 158 Å². The van der Waals surface area contributed by atoms with Crippen LogP contribution < -0.4 is 15.4 Å². The van der Waals surface area contributed by atoms with E-state index >= 15 is 0 Å². The number of amides is 3. The van der Waals surface area contributed by atoms with Crippen molar-refractivity contribution in [2.75, 3.05) is 12.4 Å². The molecular weight excluding hydrogens is 346 g/mol. The van der Waals surface area contributed by atoms with Crippen LogP contribution in [0, 0.1) is 19.8 Å². The first-order valence-electron chi connectivity index (χ1n) is 8.80. The van der Waals surface area contributed by atoms with E-state index in [1.165, 1.54) is 0 Å². The molecule has 0 spiro atoms. The van der Waals surface area contributed by atoms with Crippen molar-refractivity contribution in [2.45, 2.75) is 32.8 Å². The van der Waals surface area contributed by atoms with Gasteiger partial charge in [0, 0.05) is 31.0 Å². The molecule has 142 valence electrons. The van der Waals surface area contributed by atoms with Gasteiger partial charge < -0.3 is 14.8 Å². The molecule has 1 aliphatic rings. The van der Waals surface area contributed by atoms with E-state index in [-0.39, 0.29) is 17.9 Å². The van der Waals surface area contributed by atoms with E-state index in [1.807, 2.05) is 19.9 Å². The molecule has 1 saturated carbocycles. The van der Waals surface area contributed by atoms with E-state index in [4.69, 9.17) is 9.47 Å². The Balaban J connectivity index is 1.54. The van der Waals surface area contributed by atoms with E-state index in [0.29, 0.717) is 30.2 Å². The van der Waals surface area contributed by atoms with E-state index in [0.717, 1.165) is 11.1 Å². The summed E-state index contributed by atoms with van der Waals surface area (Å²) in [5.41, 5.74) is 2.47. The average Bonchev–Trinajstić information content (AvgIpc) is 2.58. The molecular formula is C20H23N3O4. The van der Waals surface area contributed by atoms with Gasteiger partial charge in [-0.05, 0) is 56.0 Å². The number of ether oxygens (including phenoxy) is 2. The van der Waals surface area contributed by atoms with Crippen LogP contribution in [-0.4, -0.2) is 30.1 Å². The number of aromatic nitrogens is 1. The van der Waals surface area contributed by atoms with Crippen LogP contribution in [-0.2, 0) is 9.53 Å². The summed E-state index contributed by atoms with van der Waals surface area (Å²) in [6.45, 7) is 3.83. The zero-order valence-electron chi connectivity index (χ0n) is 15.6. The van der Waals surface area contributed by atoms with Gasteiger partial charge >= 0.3 is 6.03 Å². The monoisotopic (exact) mass is 369 g/mol. The quantitative estimate of drug-likeness (QED) is 0.841. The van der Waals surface area contributed by atoms with E-state index < -0.39 is 6.03 Å². The minimum Gasteiger partial charge on any atom is -0.439 e. The second-order valence-electron chi connectivity index (χ2n) is 6.73. The second kappa shape index (κ2) is 8.18. The molecule has 1 aromatic heterocycles. The molecule has 0 atom stereocenters. The Hall–Kier alpha value is -2.93. The van der Waals surface area contributed by atoms with Crippen LogP contribution in [0.15, 0.2) is 36.5 Å². The van der Waals surface area contributed by atoms with Gasteiger partial charge in [0.15, 0.2) is 0 Å². The third-order valence-corrected chi connectivity index (χ3v) is 4.57. The van der Waals surface area contributed by atoms with Gasteiger partial charge in [-0.1, -0.05) is 6.07 Å². The van der Waals surface area contributed by atoms with Gasteiger partial charge in [0.05, 0.1) is 6.10 Å². The highest BCUT2D eigenvalue weighted by molar-refractivity contribution is 6.02. The van der Waals surface area contributed by atoms with Crippen LogP contribution in [0.25, 0.3) is 0 Å². The summed E-state index contributed by atoms with van der Waals surface area (Å²) in [4.78, 5) is 28.2. The van der Waals surface area contributed by atoms with Crippen molar-refractivity contribution < 1.29 is 19.1 Å². The van der Waals surface area contributed by atoms with E-state index in [1.54, 1.807) is 37.6 Å². The molecule has 2 aromatic rings. The number of hydrogen-bond donors (Lipinski definition) is 2. The van der Waals surface area contributed by atoms with Crippen LogP contribution >= 0.6 is 0 Å². The standard InChI is InChI=1S/C20H23N3O4/c1-12-4-7-18(21-11-12)27-17-6-5-15(8-13(17)2)22-20(25)23-19(24)14-9-16(10-14)26-3/h4-8,11,14,16H,9-10H2,1-3H3,(H2,22,23,24,25). The van der Waals surface area contributed by atoms with Crippen molar-refractivity contribution in [1.29, 1.82) is 0 Å². The lowest BCUT2D eigenvalue weighted by Gasteiger charge is -2.32. The van der Waals surface area contributed by atoms with Crippen molar-refractivity contribution in [3.05, 3.63) is 47.7 Å². The molecule has 27 heavy (non-hydrogen) atoms. The highest BCUT2D eigenvalue weighted by atomic mass is 16.5. The molecule has 7 heteroatoms. The highest BCUT2D eigenvalue weighted by Crippen LogP contribution is 2.30. The van der Waals surface area contributed by atoms with Crippen LogP contribution in [0.5, 0.6) is 11.6 Å². The first-order valence-corrected chi connectivity index (χ1v) is 8.80. The number of anilines is 1. The predicted octanol–water partition coefficient (Wildman–Crippen LogP) is 3.56. The number of carbonyl (C=O) groups is 2. The third kappa shape index (κ3) is 4.83. The number of imide groups is 1. The Bertz CT molecular complexity index is 830. The van der Waals surface area contributed by atoms with Crippen molar-refractivity contribution in [3.8, 4) is 11.6 Å². The number of nitrogens with zero attached hydrogens (tertiary/aromatic N) is 1. The van der Waals surface area contributed by atoms with Gasteiger partial charge in [-0.15, -0.1) is 0 Å². The molecule has 7 nitrogen and oxygen atoms in total. The number of hydrogen-bond acceptors (Lipinski definition) is 5. The smallest absolute Gasteiger partial charge is 0.325 e. The maximum absolute atomic E-state index is 12.0. The summed E-state index contributed by atoms with van der Waals surface area (Å²) in [7, 11) is 1.62. The van der Waals surface area contributed by atoms with E-state index in [9.17, 15) is 9.59 Å². The normalized spacial score (nSPS) is 18.3. The average molecular weight is 369 g/mol. The minimum atomic E-state index is -0.547. The van der Waals surface area contributed by atoms with Crippen molar-refractivity contribution in [3.63, 3.8) is 0 Å². The molecule has 1 aromatic carbocycles. The summed E-state index contributed by atoms with van der Waals surface area (Å²) in [5.74, 6) is 0.708. The Kier molecular flexibility index (Phi) is 5.71. The molecule has 2 N–H and O–H groups in total. The van der Waals surface area contributed by atoms with Gasteiger partial charge in [-0.3, -0.25) is 10.1 Å². The van der Waals surface area contributed by atoms with Crippen molar-refractivity contribution in [2.24, 2.45) is 5.92 Å². The Morgan fingerprint density at radius 3 is 2.56 bits per heavy atom. The van der Waals surface area contributed by atoms with Gasteiger partial charge in [0.25, 0.3) is 0 Å². The summed E-state index contributed by atoms with van der Waals surface area (Å²) < 4.78 is 10.9. The van der Waals surface area contributed by atoms with Gasteiger partial charge in [0.2, 0.25) is 11.8 Å². The van der Waals surface area contributed by atoms with Crippen LogP contribution in [0.1, 0.15) is 24.0 Å². The molecule has 1 heterocycles. The second-order valence-corrected chi connectivity index (χ2v) is 6.73. The van der Waals surface area contributed by atoms with E-state index in [2.05, 4.69) is 15.6 Å². The number of carbonyl (C=O) groups excluding carboxylic acids is 2. The SMILES string of the molecule is COC1CC(C(=O)NC(=O)Nc2ccc(Oc3ccc(C)cn3)c(C)c2)C1. The number of benzene rings is 1. The Morgan fingerprint density at radius 1 is 1.15 bits per heavy atom. The number of rotatable bonds is 5.